The molecule has 0 radical (unpaired) electrons. The monoisotopic (exact) mass is 303 g/mol. The maximum Gasteiger partial charge on any atom is 0.250 e. The molecule has 1 aromatic rings. The number of allylic oxidation sites excluding steroid dienone is 1. The van der Waals surface area contributed by atoms with Gasteiger partial charge in [-0.3, -0.25) is 4.79 Å². The van der Waals surface area contributed by atoms with Crippen molar-refractivity contribution in [3.8, 4) is 5.75 Å². The van der Waals surface area contributed by atoms with Gasteiger partial charge < -0.3 is 15.2 Å². The molecule has 22 heavy (non-hydrogen) atoms. The molecule has 1 saturated carbocycles. The first-order valence-corrected chi connectivity index (χ1v) is 8.03. The van der Waals surface area contributed by atoms with E-state index < -0.39 is 0 Å². The van der Waals surface area contributed by atoms with Crippen LogP contribution in [0, 0.1) is 0 Å². The molecule has 2 rings (SSSR count). The zero-order chi connectivity index (χ0) is 15.9. The fourth-order valence-corrected chi connectivity index (χ4v) is 2.63. The molecular formula is C18H25NO3. The number of aliphatic hydroxyl groups is 1. The van der Waals surface area contributed by atoms with E-state index in [1.165, 1.54) is 0 Å². The number of rotatable bonds is 5. The summed E-state index contributed by atoms with van der Waals surface area (Å²) in [4.78, 5) is 11.9. The second-order valence-electron chi connectivity index (χ2n) is 5.78. The molecule has 4 heteroatoms. The zero-order valence-corrected chi connectivity index (χ0v) is 13.3. The highest BCUT2D eigenvalue weighted by atomic mass is 16.5. The Morgan fingerprint density at radius 1 is 1.32 bits per heavy atom. The van der Waals surface area contributed by atoms with Crippen molar-refractivity contribution in [1.29, 1.82) is 0 Å². The van der Waals surface area contributed by atoms with Crippen LogP contribution in [0.25, 0.3) is 0 Å². The Kier molecular flexibility index (Phi) is 6.01. The van der Waals surface area contributed by atoms with Crippen molar-refractivity contribution in [2.24, 2.45) is 0 Å². The summed E-state index contributed by atoms with van der Waals surface area (Å²) in [6.07, 6.45) is 6.10. The topological polar surface area (TPSA) is 58.6 Å². The second kappa shape index (κ2) is 7.99. The summed E-state index contributed by atoms with van der Waals surface area (Å²) >= 11 is 0. The molecule has 0 spiro atoms. The Hall–Kier alpha value is -1.81. The molecule has 120 valence electrons. The van der Waals surface area contributed by atoms with Gasteiger partial charge in [-0.1, -0.05) is 19.4 Å². The van der Waals surface area contributed by atoms with Crippen LogP contribution >= 0.6 is 0 Å². The summed E-state index contributed by atoms with van der Waals surface area (Å²) in [7, 11) is 0. The quantitative estimate of drug-likeness (QED) is 0.816. The molecule has 0 aromatic heterocycles. The van der Waals surface area contributed by atoms with Crippen LogP contribution in [0.4, 0.5) is 5.69 Å². The number of amides is 1. The van der Waals surface area contributed by atoms with E-state index in [1.54, 1.807) is 6.92 Å². The van der Waals surface area contributed by atoms with Crippen LogP contribution in [0.1, 0.15) is 46.0 Å². The number of hydrogen-bond acceptors (Lipinski definition) is 3. The molecule has 4 nitrogen and oxygen atoms in total. The van der Waals surface area contributed by atoms with E-state index in [1.807, 2.05) is 37.3 Å². The normalized spacial score (nSPS) is 22.2. The highest BCUT2D eigenvalue weighted by Gasteiger charge is 2.24. The number of carbonyl (C=O) groups is 1. The van der Waals surface area contributed by atoms with Crippen molar-refractivity contribution in [3.05, 3.63) is 35.9 Å². The fraction of sp³-hybridized carbons (Fsp3) is 0.500. The second-order valence-corrected chi connectivity index (χ2v) is 5.78. The minimum absolute atomic E-state index is 0.0850. The van der Waals surface area contributed by atoms with Crippen LogP contribution < -0.4 is 10.1 Å². The summed E-state index contributed by atoms with van der Waals surface area (Å²) in [5, 5.41) is 12.8. The van der Waals surface area contributed by atoms with Gasteiger partial charge in [0.25, 0.3) is 5.91 Å². The summed E-state index contributed by atoms with van der Waals surface area (Å²) in [6.45, 7) is 3.81. The average Bonchev–Trinajstić information content (AvgIpc) is 2.51. The van der Waals surface area contributed by atoms with Crippen molar-refractivity contribution in [3.63, 3.8) is 0 Å². The molecule has 1 aliphatic carbocycles. The summed E-state index contributed by atoms with van der Waals surface area (Å²) in [5.74, 6) is 0.642. The summed E-state index contributed by atoms with van der Waals surface area (Å²) in [5.41, 5.74) is 1.46. The van der Waals surface area contributed by atoms with E-state index in [9.17, 15) is 9.90 Å². The number of carbonyl (C=O) groups excluding carboxylic acids is 1. The number of ether oxygens (including phenoxy) is 1. The lowest BCUT2D eigenvalue weighted by Crippen LogP contribution is -2.34. The Morgan fingerprint density at radius 3 is 2.64 bits per heavy atom. The van der Waals surface area contributed by atoms with E-state index in [-0.39, 0.29) is 18.1 Å². The van der Waals surface area contributed by atoms with Gasteiger partial charge in [0.1, 0.15) is 11.9 Å². The predicted molar refractivity (Wildman–Crippen MR) is 88.0 cm³/mol. The van der Waals surface area contributed by atoms with Crippen LogP contribution in [0.15, 0.2) is 35.9 Å². The Bertz CT molecular complexity index is 522. The highest BCUT2D eigenvalue weighted by molar-refractivity contribution is 6.03. The largest absolute Gasteiger partial charge is 0.488 e. The molecule has 1 aliphatic rings. The Balaban J connectivity index is 1.92. The molecule has 0 aliphatic heterocycles. The minimum Gasteiger partial charge on any atom is -0.488 e. The third-order valence-electron chi connectivity index (χ3n) is 3.94. The average molecular weight is 303 g/mol. The van der Waals surface area contributed by atoms with E-state index in [0.29, 0.717) is 5.57 Å². The number of nitrogens with one attached hydrogen (secondary N) is 1. The third-order valence-corrected chi connectivity index (χ3v) is 3.94. The number of hydrogen-bond donors (Lipinski definition) is 2. The van der Waals surface area contributed by atoms with Crippen LogP contribution in [-0.4, -0.2) is 23.2 Å². The van der Waals surface area contributed by atoms with Gasteiger partial charge in [0, 0.05) is 11.3 Å². The zero-order valence-electron chi connectivity index (χ0n) is 13.3. The standard InChI is InChI=1S/C18H25NO3/c1-3-6-13(2)18(21)19-14-9-11-15(12-10-14)22-17-8-5-4-7-16(17)20/h6,9-12,16-17,20H,3-5,7-8H2,1-2H3,(H,19,21). The van der Waals surface area contributed by atoms with Crippen molar-refractivity contribution in [2.75, 3.05) is 5.32 Å². The van der Waals surface area contributed by atoms with E-state index >= 15 is 0 Å². The van der Waals surface area contributed by atoms with E-state index in [2.05, 4.69) is 5.32 Å². The maximum atomic E-state index is 11.9. The molecule has 1 amide bonds. The molecule has 1 aromatic carbocycles. The van der Waals surface area contributed by atoms with Gasteiger partial charge in [0.15, 0.2) is 0 Å². The first-order valence-electron chi connectivity index (χ1n) is 8.03. The molecule has 0 saturated heterocycles. The highest BCUT2D eigenvalue weighted by Crippen LogP contribution is 2.25. The van der Waals surface area contributed by atoms with Crippen LogP contribution in [0.2, 0.25) is 0 Å². The number of benzene rings is 1. The van der Waals surface area contributed by atoms with Crippen LogP contribution in [0.5, 0.6) is 5.75 Å². The minimum atomic E-state index is -0.380. The van der Waals surface area contributed by atoms with Crippen molar-refractivity contribution < 1.29 is 14.6 Å². The lowest BCUT2D eigenvalue weighted by Gasteiger charge is -2.28. The fourth-order valence-electron chi connectivity index (χ4n) is 2.63. The third kappa shape index (κ3) is 4.60. The molecule has 2 unspecified atom stereocenters. The number of aliphatic hydroxyl groups excluding tert-OH is 1. The van der Waals surface area contributed by atoms with Gasteiger partial charge in [0.05, 0.1) is 6.10 Å². The first kappa shape index (κ1) is 16.6. The molecule has 2 atom stereocenters. The number of anilines is 1. The van der Waals surface area contributed by atoms with Gasteiger partial charge in [-0.25, -0.2) is 0 Å². The molecule has 0 bridgehead atoms. The molecule has 2 N–H and O–H groups in total. The van der Waals surface area contributed by atoms with Crippen molar-refractivity contribution in [1.82, 2.24) is 0 Å². The van der Waals surface area contributed by atoms with Gasteiger partial charge in [-0.15, -0.1) is 0 Å². The van der Waals surface area contributed by atoms with Crippen molar-refractivity contribution >= 4 is 11.6 Å². The Morgan fingerprint density at radius 2 is 2.00 bits per heavy atom. The van der Waals surface area contributed by atoms with Gasteiger partial charge in [-0.05, 0) is 56.9 Å². The molecule has 1 fully saturated rings. The first-order chi connectivity index (χ1) is 10.6. The van der Waals surface area contributed by atoms with Gasteiger partial charge in [-0.2, -0.15) is 0 Å². The maximum absolute atomic E-state index is 11.9. The predicted octanol–water partition coefficient (Wildman–Crippen LogP) is 3.66. The summed E-state index contributed by atoms with van der Waals surface area (Å²) < 4.78 is 5.84. The van der Waals surface area contributed by atoms with Crippen LogP contribution in [0.3, 0.4) is 0 Å². The Labute approximate surface area is 132 Å². The molecular weight excluding hydrogens is 278 g/mol. The smallest absolute Gasteiger partial charge is 0.250 e. The molecule has 0 heterocycles. The van der Waals surface area contributed by atoms with Gasteiger partial charge in [0.2, 0.25) is 0 Å². The summed E-state index contributed by atoms with van der Waals surface area (Å²) in [6, 6.07) is 7.30. The van der Waals surface area contributed by atoms with E-state index in [0.717, 1.165) is 43.5 Å². The van der Waals surface area contributed by atoms with E-state index in [4.69, 9.17) is 4.74 Å². The lowest BCUT2D eigenvalue weighted by molar-refractivity contribution is -0.112. The lowest BCUT2D eigenvalue weighted by atomic mass is 9.95. The van der Waals surface area contributed by atoms with Crippen LogP contribution in [-0.2, 0) is 4.79 Å². The van der Waals surface area contributed by atoms with Crippen molar-refractivity contribution in [2.45, 2.75) is 58.2 Å². The van der Waals surface area contributed by atoms with Gasteiger partial charge >= 0.3 is 0 Å². The SMILES string of the molecule is CCC=C(C)C(=O)Nc1ccc(OC2CCCCC2O)cc1.